The molecule has 57 heavy (non-hydrogen) atoms. The summed E-state index contributed by atoms with van der Waals surface area (Å²) in [7, 11) is 0. The van der Waals surface area contributed by atoms with Gasteiger partial charge >= 0.3 is 0 Å². The van der Waals surface area contributed by atoms with Crippen LogP contribution in [0.3, 0.4) is 0 Å². The van der Waals surface area contributed by atoms with E-state index in [1.165, 1.54) is 54.5 Å². The van der Waals surface area contributed by atoms with Crippen molar-refractivity contribution in [1.82, 2.24) is 4.57 Å². The minimum absolute atomic E-state index is 0.863. The molecule has 0 aliphatic heterocycles. The molecular formula is C54H34N2O. The molecule has 0 atom stereocenters. The lowest BCUT2D eigenvalue weighted by atomic mass is 9.93. The van der Waals surface area contributed by atoms with Crippen molar-refractivity contribution >= 4 is 93.1 Å². The second-order valence-corrected chi connectivity index (χ2v) is 14.9. The average molecular weight is 727 g/mol. The lowest BCUT2D eigenvalue weighted by molar-refractivity contribution is 0.672. The van der Waals surface area contributed by atoms with Crippen molar-refractivity contribution in [1.29, 1.82) is 0 Å². The van der Waals surface area contributed by atoms with Crippen LogP contribution in [-0.2, 0) is 0 Å². The number of furan rings is 1. The summed E-state index contributed by atoms with van der Waals surface area (Å²) in [6.45, 7) is 0. The Hall–Kier alpha value is -7.62. The van der Waals surface area contributed by atoms with Gasteiger partial charge in [-0.1, -0.05) is 140 Å². The minimum atomic E-state index is 0.863. The summed E-state index contributed by atoms with van der Waals surface area (Å²) in [4.78, 5) is 2.39. The molecular weight excluding hydrogens is 693 g/mol. The molecule has 10 aromatic carbocycles. The number of nitrogens with zero attached hydrogens (tertiary/aromatic N) is 2. The Morgan fingerprint density at radius 3 is 1.79 bits per heavy atom. The van der Waals surface area contributed by atoms with Crippen molar-refractivity contribution in [3.63, 3.8) is 0 Å². The molecule has 0 fully saturated rings. The highest BCUT2D eigenvalue weighted by atomic mass is 16.3. The van der Waals surface area contributed by atoms with Gasteiger partial charge in [-0.15, -0.1) is 0 Å². The molecule has 0 saturated carbocycles. The van der Waals surface area contributed by atoms with Gasteiger partial charge in [0, 0.05) is 38.6 Å². The summed E-state index contributed by atoms with van der Waals surface area (Å²) in [6.07, 6.45) is 0. The van der Waals surface area contributed by atoms with Gasteiger partial charge in [-0.2, -0.15) is 0 Å². The average Bonchev–Trinajstić information content (AvgIpc) is 3.84. The highest BCUT2D eigenvalue weighted by Gasteiger charge is 2.22. The van der Waals surface area contributed by atoms with E-state index in [-0.39, 0.29) is 0 Å². The first-order chi connectivity index (χ1) is 28.3. The van der Waals surface area contributed by atoms with Gasteiger partial charge in [0.25, 0.3) is 0 Å². The molecule has 2 aromatic heterocycles. The molecule has 0 spiro atoms. The summed E-state index contributed by atoms with van der Waals surface area (Å²) in [5, 5.41) is 12.0. The number of fused-ring (bicyclic) bond motifs is 11. The van der Waals surface area contributed by atoms with Gasteiger partial charge < -0.3 is 13.9 Å². The van der Waals surface area contributed by atoms with E-state index in [2.05, 4.69) is 216 Å². The highest BCUT2D eigenvalue weighted by Crippen LogP contribution is 2.46. The first-order valence-corrected chi connectivity index (χ1v) is 19.5. The maximum atomic E-state index is 6.73. The zero-order valence-electron chi connectivity index (χ0n) is 30.9. The van der Waals surface area contributed by atoms with Gasteiger partial charge in [-0.05, 0) is 105 Å². The van der Waals surface area contributed by atoms with Crippen molar-refractivity contribution in [3.8, 4) is 16.8 Å². The van der Waals surface area contributed by atoms with Crippen molar-refractivity contribution in [3.05, 3.63) is 206 Å². The van der Waals surface area contributed by atoms with Crippen LogP contribution in [-0.4, -0.2) is 4.57 Å². The van der Waals surface area contributed by atoms with Gasteiger partial charge in [0.05, 0.1) is 22.1 Å². The number of benzene rings is 10. The summed E-state index contributed by atoms with van der Waals surface area (Å²) < 4.78 is 9.12. The van der Waals surface area contributed by atoms with Crippen molar-refractivity contribution in [2.24, 2.45) is 0 Å². The quantitative estimate of drug-likeness (QED) is 0.165. The molecule has 0 unspecified atom stereocenters. The van der Waals surface area contributed by atoms with E-state index in [0.717, 1.165) is 55.5 Å². The highest BCUT2D eigenvalue weighted by molar-refractivity contribution is 6.20. The minimum Gasteiger partial charge on any atom is -0.455 e. The first-order valence-electron chi connectivity index (χ1n) is 19.5. The van der Waals surface area contributed by atoms with E-state index < -0.39 is 0 Å². The van der Waals surface area contributed by atoms with Crippen LogP contribution in [0.5, 0.6) is 0 Å². The number of anilines is 3. The van der Waals surface area contributed by atoms with Gasteiger partial charge in [-0.3, -0.25) is 0 Å². The predicted molar refractivity (Wildman–Crippen MR) is 241 cm³/mol. The van der Waals surface area contributed by atoms with Crippen molar-refractivity contribution < 1.29 is 4.42 Å². The number of hydrogen-bond acceptors (Lipinski definition) is 2. The lowest BCUT2D eigenvalue weighted by Crippen LogP contribution is -2.11. The fourth-order valence-electron chi connectivity index (χ4n) is 9.20. The standard InChI is InChI=1S/C54H34N2O/c1-4-18-42-35(13-1)29-32-47-53-51(25-12-26-52(53)57-54(42)47)55(39-15-11-16-40(34-39)56-49-23-9-7-21-45(49)46-22-8-10-24-50(46)56)38-30-27-36(28-31-38)48-33-37-14-2-3-17-41(37)43-19-5-6-20-44(43)48/h1-34H. The van der Waals surface area contributed by atoms with Gasteiger partial charge in [-0.25, -0.2) is 0 Å². The van der Waals surface area contributed by atoms with Gasteiger partial charge in [0.1, 0.15) is 11.2 Å². The number of aromatic nitrogens is 1. The molecule has 2 heterocycles. The largest absolute Gasteiger partial charge is 0.455 e. The van der Waals surface area contributed by atoms with Crippen molar-refractivity contribution in [2.75, 3.05) is 4.90 Å². The third-order valence-electron chi connectivity index (χ3n) is 11.7. The second-order valence-electron chi connectivity index (χ2n) is 14.9. The van der Waals surface area contributed by atoms with E-state index >= 15 is 0 Å². The maximum Gasteiger partial charge on any atom is 0.143 e. The van der Waals surface area contributed by atoms with E-state index in [1.807, 2.05) is 0 Å². The Bertz CT molecular complexity index is 3480. The van der Waals surface area contributed by atoms with Crippen LogP contribution in [0.25, 0.3) is 92.9 Å². The Morgan fingerprint density at radius 1 is 0.386 bits per heavy atom. The molecule has 0 radical (unpaired) electrons. The monoisotopic (exact) mass is 726 g/mol. The van der Waals surface area contributed by atoms with Crippen LogP contribution in [0, 0.1) is 0 Å². The van der Waals surface area contributed by atoms with Crippen LogP contribution < -0.4 is 4.90 Å². The zero-order chi connectivity index (χ0) is 37.5. The molecule has 12 aromatic rings. The van der Waals surface area contributed by atoms with Crippen LogP contribution >= 0.6 is 0 Å². The van der Waals surface area contributed by atoms with E-state index in [1.54, 1.807) is 0 Å². The van der Waals surface area contributed by atoms with Crippen molar-refractivity contribution in [2.45, 2.75) is 0 Å². The van der Waals surface area contributed by atoms with Gasteiger partial charge in [0.2, 0.25) is 0 Å². The summed E-state index contributed by atoms with van der Waals surface area (Å²) >= 11 is 0. The van der Waals surface area contributed by atoms with Crippen LogP contribution in [0.15, 0.2) is 211 Å². The fourth-order valence-corrected chi connectivity index (χ4v) is 9.20. The Balaban J connectivity index is 1.09. The van der Waals surface area contributed by atoms with Crippen LogP contribution in [0.4, 0.5) is 17.1 Å². The molecule has 0 bridgehead atoms. The summed E-state index contributed by atoms with van der Waals surface area (Å²) in [5.41, 5.74) is 10.8. The lowest BCUT2D eigenvalue weighted by Gasteiger charge is -2.27. The molecule has 0 amide bonds. The smallest absolute Gasteiger partial charge is 0.143 e. The van der Waals surface area contributed by atoms with Crippen LogP contribution in [0.1, 0.15) is 0 Å². The SMILES string of the molecule is c1cc(N(c2ccc(-c3cc4ccccc4c4ccccc34)cc2)c2cccc3oc4c5ccccc5ccc4c23)cc(-n2c3ccccc3c3ccccc32)c1. The summed E-state index contributed by atoms with van der Waals surface area (Å²) in [6, 6.07) is 74.5. The molecule has 0 aliphatic rings. The fraction of sp³-hybridized carbons (Fsp3) is 0. The number of hydrogen-bond donors (Lipinski definition) is 0. The normalized spacial score (nSPS) is 11.9. The van der Waals surface area contributed by atoms with E-state index in [9.17, 15) is 0 Å². The number of rotatable bonds is 5. The predicted octanol–water partition coefficient (Wildman–Crippen LogP) is 15.3. The molecule has 12 rings (SSSR count). The molecule has 3 nitrogen and oxygen atoms in total. The molecule has 266 valence electrons. The second kappa shape index (κ2) is 12.5. The third-order valence-corrected chi connectivity index (χ3v) is 11.7. The van der Waals surface area contributed by atoms with Gasteiger partial charge in [0.15, 0.2) is 0 Å². The third kappa shape index (κ3) is 4.86. The van der Waals surface area contributed by atoms with E-state index in [0.29, 0.717) is 0 Å². The van der Waals surface area contributed by atoms with E-state index in [4.69, 9.17) is 4.42 Å². The Labute approximate surface area is 328 Å². The summed E-state index contributed by atoms with van der Waals surface area (Å²) in [5.74, 6) is 0. The zero-order valence-corrected chi connectivity index (χ0v) is 30.9. The number of para-hydroxylation sites is 2. The first kappa shape index (κ1) is 31.7. The molecule has 3 heteroatoms. The molecule has 0 aliphatic carbocycles. The Morgan fingerprint density at radius 2 is 1.02 bits per heavy atom. The maximum absolute atomic E-state index is 6.73. The molecule has 0 saturated heterocycles. The topological polar surface area (TPSA) is 21.3 Å². The molecule has 0 N–H and O–H groups in total. The Kier molecular flexibility index (Phi) is 6.93. The van der Waals surface area contributed by atoms with Crippen LogP contribution in [0.2, 0.25) is 0 Å².